The van der Waals surface area contributed by atoms with Gasteiger partial charge in [0.15, 0.2) is 0 Å². The molecule has 22 heavy (non-hydrogen) atoms. The van der Waals surface area contributed by atoms with E-state index >= 15 is 0 Å². The number of amides is 2. The number of ether oxygens (including phenoxy) is 2. The van der Waals surface area contributed by atoms with E-state index in [2.05, 4.69) is 0 Å². The van der Waals surface area contributed by atoms with Gasteiger partial charge in [0.05, 0.1) is 0 Å². The van der Waals surface area contributed by atoms with Gasteiger partial charge < -0.3 is 19.3 Å². The van der Waals surface area contributed by atoms with Crippen molar-refractivity contribution in [1.29, 1.82) is 0 Å². The zero-order valence-electron chi connectivity index (χ0n) is 12.7. The molecule has 0 N–H and O–H groups in total. The smallest absolute Gasteiger partial charge is 0.304 e. The number of likely N-dealkylation sites (tertiary alicyclic amines) is 2. The van der Waals surface area contributed by atoms with E-state index in [4.69, 9.17) is 9.47 Å². The predicted octanol–water partition coefficient (Wildman–Crippen LogP) is 0.00960. The van der Waals surface area contributed by atoms with Crippen molar-refractivity contribution in [1.82, 2.24) is 9.80 Å². The van der Waals surface area contributed by atoms with Crippen molar-refractivity contribution in [2.24, 2.45) is 0 Å². The van der Waals surface area contributed by atoms with Gasteiger partial charge >= 0.3 is 11.9 Å². The van der Waals surface area contributed by atoms with E-state index in [9.17, 15) is 19.2 Å². The Morgan fingerprint density at radius 1 is 0.864 bits per heavy atom. The Bertz CT molecular complexity index is 448. The third-order valence-electron chi connectivity index (χ3n) is 3.65. The zero-order chi connectivity index (χ0) is 16.3. The second-order valence-corrected chi connectivity index (χ2v) is 5.38. The van der Waals surface area contributed by atoms with Crippen LogP contribution in [0.1, 0.15) is 39.5 Å². The first-order chi connectivity index (χ1) is 10.4. The maximum atomic E-state index is 12.0. The van der Waals surface area contributed by atoms with E-state index < -0.39 is 24.4 Å². The van der Waals surface area contributed by atoms with Crippen molar-refractivity contribution < 1.29 is 28.7 Å². The molecule has 0 aromatic carbocycles. The van der Waals surface area contributed by atoms with Crippen LogP contribution in [0.2, 0.25) is 0 Å². The minimum absolute atomic E-state index is 0.185. The molecular weight excluding hydrogens is 292 g/mol. The molecule has 2 saturated heterocycles. The summed E-state index contributed by atoms with van der Waals surface area (Å²) >= 11 is 0. The Kier molecular flexibility index (Phi) is 4.99. The van der Waals surface area contributed by atoms with E-state index in [1.54, 1.807) is 0 Å². The summed E-state index contributed by atoms with van der Waals surface area (Å²) in [6, 6.07) is 0. The van der Waals surface area contributed by atoms with Crippen molar-refractivity contribution in [3.63, 3.8) is 0 Å². The third-order valence-corrected chi connectivity index (χ3v) is 3.65. The molecule has 2 atom stereocenters. The number of hydrogen-bond donors (Lipinski definition) is 0. The Labute approximate surface area is 128 Å². The van der Waals surface area contributed by atoms with Gasteiger partial charge in [-0.15, -0.1) is 0 Å². The SMILES string of the molecule is CC(=O)OC(C(OC(C)=O)N1CCCC1=O)N1CCCC1=O. The van der Waals surface area contributed by atoms with Crippen LogP contribution in [-0.4, -0.2) is 59.1 Å². The van der Waals surface area contributed by atoms with Gasteiger partial charge in [-0.25, -0.2) is 0 Å². The molecule has 0 bridgehead atoms. The van der Waals surface area contributed by atoms with Gasteiger partial charge in [0.1, 0.15) is 0 Å². The minimum Gasteiger partial charge on any atom is -0.435 e. The van der Waals surface area contributed by atoms with Gasteiger partial charge in [-0.2, -0.15) is 0 Å². The summed E-state index contributed by atoms with van der Waals surface area (Å²) in [6.45, 7) is 3.22. The molecule has 2 amide bonds. The van der Waals surface area contributed by atoms with Gasteiger partial charge in [0, 0.05) is 39.8 Å². The first-order valence-corrected chi connectivity index (χ1v) is 7.33. The van der Waals surface area contributed by atoms with Crippen LogP contribution in [0.4, 0.5) is 0 Å². The van der Waals surface area contributed by atoms with Crippen LogP contribution >= 0.6 is 0 Å². The van der Waals surface area contributed by atoms with Crippen LogP contribution in [0.5, 0.6) is 0 Å². The molecule has 2 aliphatic rings. The van der Waals surface area contributed by atoms with Crippen LogP contribution in [0, 0.1) is 0 Å². The van der Waals surface area contributed by atoms with Gasteiger partial charge in [0.2, 0.25) is 24.3 Å². The highest BCUT2D eigenvalue weighted by molar-refractivity contribution is 5.80. The summed E-state index contributed by atoms with van der Waals surface area (Å²) in [5, 5.41) is 0. The van der Waals surface area contributed by atoms with E-state index in [0.717, 1.165) is 0 Å². The quantitative estimate of drug-likeness (QED) is 0.664. The molecule has 2 unspecified atom stereocenters. The number of esters is 2. The summed E-state index contributed by atoms with van der Waals surface area (Å²) in [4.78, 5) is 49.5. The molecule has 8 nitrogen and oxygen atoms in total. The normalized spacial score (nSPS) is 21.0. The molecule has 0 spiro atoms. The van der Waals surface area contributed by atoms with Gasteiger partial charge in [-0.3, -0.25) is 19.2 Å². The van der Waals surface area contributed by atoms with Gasteiger partial charge in [-0.1, -0.05) is 0 Å². The van der Waals surface area contributed by atoms with Crippen molar-refractivity contribution in [2.75, 3.05) is 13.1 Å². The van der Waals surface area contributed by atoms with E-state index in [0.29, 0.717) is 38.8 Å². The lowest BCUT2D eigenvalue weighted by Gasteiger charge is -2.37. The first-order valence-electron chi connectivity index (χ1n) is 7.33. The zero-order valence-corrected chi connectivity index (χ0v) is 12.7. The fourth-order valence-corrected chi connectivity index (χ4v) is 2.77. The lowest BCUT2D eigenvalue weighted by molar-refractivity contribution is -0.204. The maximum Gasteiger partial charge on any atom is 0.304 e. The highest BCUT2D eigenvalue weighted by Gasteiger charge is 2.43. The average Bonchev–Trinajstić information content (AvgIpc) is 3.02. The number of nitrogens with zero attached hydrogens (tertiary/aromatic N) is 2. The Hall–Kier alpha value is -2.12. The summed E-state index contributed by atoms with van der Waals surface area (Å²) in [6.07, 6.45) is -0.233. The molecule has 122 valence electrons. The molecular formula is C14H20N2O6. The standard InChI is InChI=1S/C14H20N2O6/c1-9(17)21-13(15-7-3-5-11(15)19)14(22-10(2)18)16-8-4-6-12(16)20/h13-14H,3-8H2,1-2H3. The molecule has 2 fully saturated rings. The number of carbonyl (C=O) groups is 4. The highest BCUT2D eigenvalue weighted by atomic mass is 16.6. The largest absolute Gasteiger partial charge is 0.435 e. The van der Waals surface area contributed by atoms with E-state index in [-0.39, 0.29) is 11.8 Å². The second-order valence-electron chi connectivity index (χ2n) is 5.38. The third kappa shape index (κ3) is 3.55. The minimum atomic E-state index is -1.10. The van der Waals surface area contributed by atoms with Crippen LogP contribution in [-0.2, 0) is 28.7 Å². The van der Waals surface area contributed by atoms with Crippen molar-refractivity contribution in [2.45, 2.75) is 52.0 Å². The number of carbonyl (C=O) groups excluding carboxylic acids is 4. The Balaban J connectivity index is 2.28. The number of rotatable bonds is 5. The monoisotopic (exact) mass is 312 g/mol. The molecule has 0 aliphatic carbocycles. The molecule has 0 saturated carbocycles. The second kappa shape index (κ2) is 6.76. The van der Waals surface area contributed by atoms with E-state index in [1.807, 2.05) is 0 Å². The fraction of sp³-hybridized carbons (Fsp3) is 0.714. The average molecular weight is 312 g/mol. The van der Waals surface area contributed by atoms with Crippen LogP contribution < -0.4 is 0 Å². The highest BCUT2D eigenvalue weighted by Crippen LogP contribution is 2.24. The van der Waals surface area contributed by atoms with Crippen LogP contribution in [0.25, 0.3) is 0 Å². The Morgan fingerprint density at radius 2 is 1.23 bits per heavy atom. The molecule has 8 heteroatoms. The molecule has 2 aliphatic heterocycles. The molecule has 0 aromatic heterocycles. The van der Waals surface area contributed by atoms with E-state index in [1.165, 1.54) is 23.6 Å². The maximum absolute atomic E-state index is 12.0. The summed E-state index contributed by atoms with van der Waals surface area (Å²) in [5.74, 6) is -1.58. The first kappa shape index (κ1) is 16.3. The molecule has 2 rings (SSSR count). The molecule has 0 radical (unpaired) electrons. The molecule has 0 aromatic rings. The summed E-state index contributed by atoms with van der Waals surface area (Å²) in [7, 11) is 0. The van der Waals surface area contributed by atoms with Crippen LogP contribution in [0.3, 0.4) is 0 Å². The van der Waals surface area contributed by atoms with Crippen molar-refractivity contribution >= 4 is 23.8 Å². The topological polar surface area (TPSA) is 93.2 Å². The molecule has 2 heterocycles. The number of hydrogen-bond acceptors (Lipinski definition) is 6. The van der Waals surface area contributed by atoms with Gasteiger partial charge in [-0.05, 0) is 12.8 Å². The predicted molar refractivity (Wildman–Crippen MR) is 73.0 cm³/mol. The lowest BCUT2D eigenvalue weighted by atomic mass is 10.3. The summed E-state index contributed by atoms with van der Waals surface area (Å²) < 4.78 is 10.4. The van der Waals surface area contributed by atoms with Crippen molar-refractivity contribution in [3.8, 4) is 0 Å². The summed E-state index contributed by atoms with van der Waals surface area (Å²) in [5.41, 5.74) is 0. The van der Waals surface area contributed by atoms with Crippen LogP contribution in [0.15, 0.2) is 0 Å². The lowest BCUT2D eigenvalue weighted by Crippen LogP contribution is -2.56. The van der Waals surface area contributed by atoms with Crippen molar-refractivity contribution in [3.05, 3.63) is 0 Å². The van der Waals surface area contributed by atoms with Gasteiger partial charge in [0.25, 0.3) is 0 Å². The fourth-order valence-electron chi connectivity index (χ4n) is 2.77. The Morgan fingerprint density at radius 3 is 1.45 bits per heavy atom.